The molecule has 0 aromatic heterocycles. The van der Waals surface area contributed by atoms with E-state index in [1.807, 2.05) is 0 Å². The number of nitrogens with zero attached hydrogens (tertiary/aromatic N) is 2. The fourth-order valence-electron chi connectivity index (χ4n) is 2.66. The van der Waals surface area contributed by atoms with Gasteiger partial charge < -0.3 is 9.80 Å². The van der Waals surface area contributed by atoms with E-state index in [2.05, 4.69) is 4.90 Å². The zero-order valence-corrected chi connectivity index (χ0v) is 13.8. The van der Waals surface area contributed by atoms with Gasteiger partial charge in [-0.15, -0.1) is 0 Å². The van der Waals surface area contributed by atoms with Crippen molar-refractivity contribution in [2.24, 2.45) is 5.14 Å². The predicted octanol–water partition coefficient (Wildman–Crippen LogP) is 0.933. The number of carbonyl (C=O) groups excluding carboxylic acids is 1. The van der Waals surface area contributed by atoms with Gasteiger partial charge in [0.15, 0.2) is 0 Å². The average Bonchev–Trinajstić information content (AvgIpc) is 2.72. The lowest BCUT2D eigenvalue weighted by atomic mass is 10.2. The molecule has 1 aliphatic heterocycles. The molecule has 1 fully saturated rings. The zero-order valence-electron chi connectivity index (χ0n) is 12.9. The van der Waals surface area contributed by atoms with Gasteiger partial charge >= 0.3 is 0 Å². The number of carbonyl (C=O) groups is 1. The second kappa shape index (κ2) is 7.74. The number of halogens is 1. The summed E-state index contributed by atoms with van der Waals surface area (Å²) in [6.07, 6.45) is 1.25. The van der Waals surface area contributed by atoms with Crippen LogP contribution in [0.15, 0.2) is 24.3 Å². The van der Waals surface area contributed by atoms with Crippen molar-refractivity contribution in [1.82, 2.24) is 4.90 Å². The normalized spacial score (nSPS) is 16.3. The maximum atomic E-state index is 13.0. The van der Waals surface area contributed by atoms with Gasteiger partial charge in [0.05, 0.1) is 5.75 Å². The van der Waals surface area contributed by atoms with Gasteiger partial charge in [0.2, 0.25) is 15.9 Å². The first-order valence-corrected chi connectivity index (χ1v) is 9.35. The molecule has 1 aromatic carbocycles. The van der Waals surface area contributed by atoms with Crippen molar-refractivity contribution in [2.45, 2.75) is 19.3 Å². The van der Waals surface area contributed by atoms with Gasteiger partial charge in [0, 0.05) is 38.3 Å². The molecule has 2 rings (SSSR count). The SMILES string of the molecule is NS(=O)(=O)CCCC(=O)N1CCCN(c2ccc(F)cc2)CC1. The number of hydrogen-bond acceptors (Lipinski definition) is 4. The average molecular weight is 343 g/mol. The highest BCUT2D eigenvalue weighted by Crippen LogP contribution is 2.17. The van der Waals surface area contributed by atoms with Crippen molar-refractivity contribution < 1.29 is 17.6 Å². The minimum atomic E-state index is -3.52. The Bertz CT molecular complexity index is 634. The van der Waals surface area contributed by atoms with E-state index in [4.69, 9.17) is 5.14 Å². The number of primary sulfonamides is 1. The largest absolute Gasteiger partial charge is 0.370 e. The number of nitrogens with two attached hydrogens (primary N) is 1. The Labute approximate surface area is 136 Å². The standard InChI is InChI=1S/C15H22FN3O3S/c16-13-4-6-14(7-5-13)18-8-2-9-19(11-10-18)15(20)3-1-12-23(17,21)22/h4-7H,1-3,8-12H2,(H2,17,21,22). The van der Waals surface area contributed by atoms with Crippen molar-refractivity contribution in [3.8, 4) is 0 Å². The van der Waals surface area contributed by atoms with E-state index in [0.29, 0.717) is 19.6 Å². The summed E-state index contributed by atoms with van der Waals surface area (Å²) in [6.45, 7) is 2.69. The first kappa shape index (κ1) is 17.7. The Hall–Kier alpha value is -1.67. The molecule has 0 aliphatic carbocycles. The second-order valence-electron chi connectivity index (χ2n) is 5.67. The summed E-state index contributed by atoms with van der Waals surface area (Å²) in [7, 11) is -3.52. The Morgan fingerprint density at radius 1 is 1.13 bits per heavy atom. The van der Waals surface area contributed by atoms with Crippen molar-refractivity contribution in [2.75, 3.05) is 36.8 Å². The van der Waals surface area contributed by atoms with Crippen molar-refractivity contribution in [3.05, 3.63) is 30.1 Å². The topological polar surface area (TPSA) is 83.7 Å². The van der Waals surface area contributed by atoms with Crippen LogP contribution in [-0.2, 0) is 14.8 Å². The van der Waals surface area contributed by atoms with E-state index >= 15 is 0 Å². The third-order valence-electron chi connectivity index (χ3n) is 3.86. The number of rotatable bonds is 5. The lowest BCUT2D eigenvalue weighted by Gasteiger charge is -2.23. The van der Waals surface area contributed by atoms with Gasteiger partial charge in [-0.05, 0) is 37.1 Å². The highest BCUT2D eigenvalue weighted by molar-refractivity contribution is 7.89. The van der Waals surface area contributed by atoms with E-state index in [1.54, 1.807) is 17.0 Å². The number of hydrogen-bond donors (Lipinski definition) is 1. The van der Waals surface area contributed by atoms with Crippen LogP contribution in [0.1, 0.15) is 19.3 Å². The summed E-state index contributed by atoms with van der Waals surface area (Å²) in [5, 5.41) is 4.93. The molecule has 1 aromatic rings. The highest BCUT2D eigenvalue weighted by Gasteiger charge is 2.19. The lowest BCUT2D eigenvalue weighted by molar-refractivity contribution is -0.130. The molecule has 8 heteroatoms. The zero-order chi connectivity index (χ0) is 16.9. The van der Waals surface area contributed by atoms with Crippen LogP contribution in [-0.4, -0.2) is 51.2 Å². The van der Waals surface area contributed by atoms with E-state index in [9.17, 15) is 17.6 Å². The maximum absolute atomic E-state index is 13.0. The van der Waals surface area contributed by atoms with Crippen LogP contribution in [0.4, 0.5) is 10.1 Å². The summed E-state index contributed by atoms with van der Waals surface area (Å²) in [6, 6.07) is 6.32. The van der Waals surface area contributed by atoms with Crippen LogP contribution in [0.25, 0.3) is 0 Å². The minimum absolute atomic E-state index is 0.0467. The smallest absolute Gasteiger partial charge is 0.222 e. The van der Waals surface area contributed by atoms with Crippen molar-refractivity contribution in [1.29, 1.82) is 0 Å². The Morgan fingerprint density at radius 3 is 2.48 bits per heavy atom. The number of sulfonamides is 1. The first-order chi connectivity index (χ1) is 10.8. The molecule has 1 aliphatic rings. The molecule has 1 heterocycles. The molecule has 1 saturated heterocycles. The number of amides is 1. The van der Waals surface area contributed by atoms with E-state index in [-0.39, 0.29) is 30.3 Å². The molecular weight excluding hydrogens is 321 g/mol. The van der Waals surface area contributed by atoms with Crippen LogP contribution in [0.2, 0.25) is 0 Å². The quantitative estimate of drug-likeness (QED) is 0.862. The molecule has 0 unspecified atom stereocenters. The van der Waals surface area contributed by atoms with Crippen LogP contribution in [0, 0.1) is 5.82 Å². The summed E-state index contributed by atoms with van der Waals surface area (Å²) >= 11 is 0. The molecule has 128 valence electrons. The van der Waals surface area contributed by atoms with Crippen LogP contribution in [0.5, 0.6) is 0 Å². The van der Waals surface area contributed by atoms with Crippen molar-refractivity contribution >= 4 is 21.6 Å². The second-order valence-corrected chi connectivity index (χ2v) is 7.40. The Kier molecular flexibility index (Phi) is 5.95. The highest BCUT2D eigenvalue weighted by atomic mass is 32.2. The fourth-order valence-corrected chi connectivity index (χ4v) is 3.21. The Balaban J connectivity index is 1.85. The molecule has 6 nitrogen and oxygen atoms in total. The van der Waals surface area contributed by atoms with E-state index < -0.39 is 10.0 Å². The van der Waals surface area contributed by atoms with Gasteiger partial charge in [-0.3, -0.25) is 4.79 Å². The molecule has 0 radical (unpaired) electrons. The number of benzene rings is 1. The third-order valence-corrected chi connectivity index (χ3v) is 4.72. The molecule has 1 amide bonds. The van der Waals surface area contributed by atoms with Crippen molar-refractivity contribution in [3.63, 3.8) is 0 Å². The van der Waals surface area contributed by atoms with E-state index in [1.165, 1.54) is 12.1 Å². The lowest BCUT2D eigenvalue weighted by Crippen LogP contribution is -2.35. The summed E-state index contributed by atoms with van der Waals surface area (Å²) in [5.41, 5.74) is 0.940. The fraction of sp³-hybridized carbons (Fsp3) is 0.533. The van der Waals surface area contributed by atoms with Gasteiger partial charge in [-0.25, -0.2) is 17.9 Å². The minimum Gasteiger partial charge on any atom is -0.370 e. The molecule has 0 saturated carbocycles. The summed E-state index contributed by atoms with van der Waals surface area (Å²) < 4.78 is 34.8. The van der Waals surface area contributed by atoms with Gasteiger partial charge in [-0.2, -0.15) is 0 Å². The van der Waals surface area contributed by atoms with Gasteiger partial charge in [0.25, 0.3) is 0 Å². The summed E-state index contributed by atoms with van der Waals surface area (Å²) in [5.74, 6) is -0.487. The number of anilines is 1. The molecule has 0 spiro atoms. The molecular formula is C15H22FN3O3S. The van der Waals surface area contributed by atoms with E-state index in [0.717, 1.165) is 18.7 Å². The molecule has 0 atom stereocenters. The predicted molar refractivity (Wildman–Crippen MR) is 87.0 cm³/mol. The third kappa shape index (κ3) is 5.80. The van der Waals surface area contributed by atoms with Crippen LogP contribution in [0.3, 0.4) is 0 Å². The Morgan fingerprint density at radius 2 is 1.83 bits per heavy atom. The van der Waals surface area contributed by atoms with Crippen LogP contribution < -0.4 is 10.0 Å². The summed E-state index contributed by atoms with van der Waals surface area (Å²) in [4.78, 5) is 16.0. The molecule has 2 N–H and O–H groups in total. The molecule has 23 heavy (non-hydrogen) atoms. The van der Waals surface area contributed by atoms with Crippen LogP contribution >= 0.6 is 0 Å². The van der Waals surface area contributed by atoms with Gasteiger partial charge in [0.1, 0.15) is 5.82 Å². The van der Waals surface area contributed by atoms with Gasteiger partial charge in [-0.1, -0.05) is 0 Å². The monoisotopic (exact) mass is 343 g/mol. The first-order valence-electron chi connectivity index (χ1n) is 7.64. The maximum Gasteiger partial charge on any atom is 0.222 e. The molecule has 0 bridgehead atoms.